The third kappa shape index (κ3) is 1.03. The van der Waals surface area contributed by atoms with Crippen LogP contribution in [0.25, 0.3) is 5.65 Å². The Balaban J connectivity index is 2.67. The molecule has 0 aromatic carbocycles. The smallest absolute Gasteiger partial charge is 0.145 e. The summed E-state index contributed by atoms with van der Waals surface area (Å²) in [6.07, 6.45) is 3.98. The van der Waals surface area contributed by atoms with Crippen LogP contribution in [0.15, 0.2) is 24.5 Å². The molecule has 12 heavy (non-hydrogen) atoms. The standard InChI is InChI=1S/C9H11N3/c1-7-3-4-12-6-8(10-2)11-9(12)5-7/h3-6,10H,1-2H3. The monoisotopic (exact) mass is 161 g/mol. The highest BCUT2D eigenvalue weighted by atomic mass is 15.1. The summed E-state index contributed by atoms with van der Waals surface area (Å²) in [7, 11) is 1.87. The van der Waals surface area contributed by atoms with Gasteiger partial charge in [-0.2, -0.15) is 0 Å². The molecule has 0 amide bonds. The number of hydrogen-bond donors (Lipinski definition) is 1. The first-order valence-electron chi connectivity index (χ1n) is 3.93. The summed E-state index contributed by atoms with van der Waals surface area (Å²) in [6, 6.07) is 4.12. The first kappa shape index (κ1) is 7.16. The Morgan fingerprint density at radius 3 is 3.08 bits per heavy atom. The Labute approximate surface area is 71.0 Å². The van der Waals surface area contributed by atoms with Gasteiger partial charge in [0.1, 0.15) is 11.5 Å². The Hall–Kier alpha value is -1.51. The van der Waals surface area contributed by atoms with Gasteiger partial charge in [-0.25, -0.2) is 4.98 Å². The molecule has 0 bridgehead atoms. The van der Waals surface area contributed by atoms with Crippen LogP contribution < -0.4 is 5.32 Å². The molecule has 2 aromatic heterocycles. The number of pyridine rings is 1. The number of hydrogen-bond acceptors (Lipinski definition) is 2. The van der Waals surface area contributed by atoms with Crippen LogP contribution in [0.1, 0.15) is 5.56 Å². The van der Waals surface area contributed by atoms with Crippen molar-refractivity contribution in [3.63, 3.8) is 0 Å². The predicted molar refractivity (Wildman–Crippen MR) is 49.5 cm³/mol. The maximum absolute atomic E-state index is 4.34. The van der Waals surface area contributed by atoms with Crippen molar-refractivity contribution in [3.8, 4) is 0 Å². The summed E-state index contributed by atoms with van der Waals surface area (Å²) >= 11 is 0. The first-order chi connectivity index (χ1) is 5.79. The van der Waals surface area contributed by atoms with Gasteiger partial charge in [0.15, 0.2) is 0 Å². The quantitative estimate of drug-likeness (QED) is 0.689. The summed E-state index contributed by atoms with van der Waals surface area (Å²) in [5.41, 5.74) is 2.22. The van der Waals surface area contributed by atoms with E-state index in [1.54, 1.807) is 0 Å². The number of aryl methyl sites for hydroxylation is 1. The summed E-state index contributed by atoms with van der Waals surface area (Å²) < 4.78 is 2.00. The molecule has 0 aliphatic rings. The van der Waals surface area contributed by atoms with Gasteiger partial charge in [-0.1, -0.05) is 0 Å². The van der Waals surface area contributed by atoms with E-state index in [0.29, 0.717) is 0 Å². The van der Waals surface area contributed by atoms with Crippen molar-refractivity contribution in [2.75, 3.05) is 12.4 Å². The number of nitrogens with zero attached hydrogens (tertiary/aromatic N) is 2. The zero-order valence-corrected chi connectivity index (χ0v) is 7.20. The first-order valence-corrected chi connectivity index (χ1v) is 3.93. The third-order valence-corrected chi connectivity index (χ3v) is 1.87. The van der Waals surface area contributed by atoms with E-state index in [1.165, 1.54) is 5.56 Å². The second kappa shape index (κ2) is 2.52. The molecule has 0 fully saturated rings. The molecule has 0 spiro atoms. The fourth-order valence-corrected chi connectivity index (χ4v) is 1.20. The van der Waals surface area contributed by atoms with Crippen LogP contribution in [0.5, 0.6) is 0 Å². The van der Waals surface area contributed by atoms with Gasteiger partial charge in [0, 0.05) is 13.2 Å². The van der Waals surface area contributed by atoms with E-state index in [4.69, 9.17) is 0 Å². The van der Waals surface area contributed by atoms with Crippen molar-refractivity contribution < 1.29 is 0 Å². The lowest BCUT2D eigenvalue weighted by Crippen LogP contribution is -1.85. The average molecular weight is 161 g/mol. The molecule has 0 saturated carbocycles. The van der Waals surface area contributed by atoms with Gasteiger partial charge in [0.05, 0.1) is 6.20 Å². The van der Waals surface area contributed by atoms with E-state index in [0.717, 1.165) is 11.5 Å². The number of aromatic nitrogens is 2. The lowest BCUT2D eigenvalue weighted by atomic mass is 10.3. The lowest BCUT2D eigenvalue weighted by Gasteiger charge is -1.92. The van der Waals surface area contributed by atoms with Crippen molar-refractivity contribution in [3.05, 3.63) is 30.1 Å². The van der Waals surface area contributed by atoms with Crippen molar-refractivity contribution in [2.24, 2.45) is 0 Å². The van der Waals surface area contributed by atoms with Crippen molar-refractivity contribution in [2.45, 2.75) is 6.92 Å². The van der Waals surface area contributed by atoms with Gasteiger partial charge in [0.25, 0.3) is 0 Å². The molecule has 0 radical (unpaired) electrons. The van der Waals surface area contributed by atoms with Crippen molar-refractivity contribution >= 4 is 11.5 Å². The average Bonchev–Trinajstić information content (AvgIpc) is 2.46. The highest BCUT2D eigenvalue weighted by Gasteiger charge is 1.97. The Bertz CT molecular complexity index is 403. The minimum Gasteiger partial charge on any atom is -0.372 e. The summed E-state index contributed by atoms with van der Waals surface area (Å²) in [6.45, 7) is 2.06. The zero-order chi connectivity index (χ0) is 8.55. The van der Waals surface area contributed by atoms with Crippen LogP contribution in [-0.2, 0) is 0 Å². The van der Waals surface area contributed by atoms with Crippen LogP contribution in [0.2, 0.25) is 0 Å². The highest BCUT2D eigenvalue weighted by molar-refractivity contribution is 5.49. The molecule has 0 aliphatic heterocycles. The van der Waals surface area contributed by atoms with Crippen LogP contribution in [0, 0.1) is 6.92 Å². The van der Waals surface area contributed by atoms with E-state index in [-0.39, 0.29) is 0 Å². The number of imidazole rings is 1. The Morgan fingerprint density at radius 2 is 2.33 bits per heavy atom. The van der Waals surface area contributed by atoms with E-state index >= 15 is 0 Å². The van der Waals surface area contributed by atoms with E-state index in [9.17, 15) is 0 Å². The number of rotatable bonds is 1. The molecule has 1 N–H and O–H groups in total. The molecule has 3 nitrogen and oxygen atoms in total. The zero-order valence-electron chi connectivity index (χ0n) is 7.20. The number of anilines is 1. The molecule has 2 heterocycles. The largest absolute Gasteiger partial charge is 0.372 e. The minimum atomic E-state index is 0.903. The molecular formula is C9H11N3. The van der Waals surface area contributed by atoms with E-state index < -0.39 is 0 Å². The summed E-state index contributed by atoms with van der Waals surface area (Å²) in [5.74, 6) is 0.903. The number of fused-ring (bicyclic) bond motifs is 1. The Kier molecular flexibility index (Phi) is 1.50. The Morgan fingerprint density at radius 1 is 1.50 bits per heavy atom. The van der Waals surface area contributed by atoms with Gasteiger partial charge in [0.2, 0.25) is 0 Å². The SMILES string of the molecule is CNc1cn2ccc(C)cc2n1. The topological polar surface area (TPSA) is 29.3 Å². The van der Waals surface area contributed by atoms with Crippen LogP contribution in [0.3, 0.4) is 0 Å². The molecule has 2 rings (SSSR count). The minimum absolute atomic E-state index is 0.903. The van der Waals surface area contributed by atoms with Crippen molar-refractivity contribution in [1.82, 2.24) is 9.38 Å². The second-order valence-electron chi connectivity index (χ2n) is 2.85. The van der Waals surface area contributed by atoms with Crippen LogP contribution in [-0.4, -0.2) is 16.4 Å². The maximum Gasteiger partial charge on any atom is 0.145 e. The normalized spacial score (nSPS) is 10.5. The van der Waals surface area contributed by atoms with Gasteiger partial charge < -0.3 is 9.72 Å². The van der Waals surface area contributed by atoms with Gasteiger partial charge in [-0.05, 0) is 24.6 Å². The molecule has 3 heteroatoms. The molecular weight excluding hydrogens is 150 g/mol. The molecule has 0 aliphatic carbocycles. The molecule has 2 aromatic rings. The van der Waals surface area contributed by atoms with Crippen LogP contribution in [0.4, 0.5) is 5.82 Å². The van der Waals surface area contributed by atoms with Gasteiger partial charge in [-0.3, -0.25) is 0 Å². The fourth-order valence-electron chi connectivity index (χ4n) is 1.20. The molecule has 62 valence electrons. The van der Waals surface area contributed by atoms with Gasteiger partial charge in [-0.15, -0.1) is 0 Å². The second-order valence-corrected chi connectivity index (χ2v) is 2.85. The van der Waals surface area contributed by atoms with E-state index in [2.05, 4.69) is 29.4 Å². The summed E-state index contributed by atoms with van der Waals surface area (Å²) in [5, 5.41) is 3.00. The number of nitrogens with one attached hydrogen (secondary N) is 1. The molecule has 0 atom stereocenters. The van der Waals surface area contributed by atoms with Crippen molar-refractivity contribution in [1.29, 1.82) is 0 Å². The van der Waals surface area contributed by atoms with E-state index in [1.807, 2.05) is 23.8 Å². The van der Waals surface area contributed by atoms with Crippen LogP contribution >= 0.6 is 0 Å². The fraction of sp³-hybridized carbons (Fsp3) is 0.222. The predicted octanol–water partition coefficient (Wildman–Crippen LogP) is 1.68. The lowest BCUT2D eigenvalue weighted by molar-refractivity contribution is 1.17. The summed E-state index contributed by atoms with van der Waals surface area (Å²) in [4.78, 5) is 4.34. The highest BCUT2D eigenvalue weighted by Crippen LogP contribution is 2.09. The maximum atomic E-state index is 4.34. The molecule has 0 unspecified atom stereocenters. The van der Waals surface area contributed by atoms with Gasteiger partial charge >= 0.3 is 0 Å². The molecule has 0 saturated heterocycles. The third-order valence-electron chi connectivity index (χ3n) is 1.87.